The van der Waals surface area contributed by atoms with Gasteiger partial charge in [0, 0.05) is 21.1 Å². The van der Waals surface area contributed by atoms with Crippen LogP contribution < -0.4 is 4.74 Å². The van der Waals surface area contributed by atoms with Gasteiger partial charge in [-0.1, -0.05) is 22.0 Å². The molecule has 0 spiro atoms. The molecule has 0 aliphatic carbocycles. The smallest absolute Gasteiger partial charge is 0.417 e. The molecule has 1 heterocycles. The van der Waals surface area contributed by atoms with Gasteiger partial charge in [-0.2, -0.15) is 13.2 Å². The van der Waals surface area contributed by atoms with E-state index in [1.54, 1.807) is 19.1 Å². The van der Waals surface area contributed by atoms with Gasteiger partial charge >= 0.3 is 12.1 Å². The molecule has 1 N–H and O–H groups in total. The topological polar surface area (TPSA) is 51.3 Å². The second-order valence-corrected chi connectivity index (χ2v) is 7.30. The molecule has 0 atom stereocenters. The number of aromatic amines is 1. The summed E-state index contributed by atoms with van der Waals surface area (Å²) in [4.78, 5) is 14.7. The molecule has 2 aromatic carbocycles. The Morgan fingerprint density at radius 1 is 1.14 bits per heavy atom. The van der Waals surface area contributed by atoms with E-state index < -0.39 is 11.7 Å². The maximum absolute atomic E-state index is 13.0. The Bertz CT molecular complexity index is 1010. The molecule has 3 rings (SSSR count). The monoisotopic (exact) mass is 469 g/mol. The van der Waals surface area contributed by atoms with Crippen molar-refractivity contribution in [1.29, 1.82) is 0 Å². The fraction of sp³-hybridized carbons (Fsp3) is 0.286. The number of alkyl halides is 3. The van der Waals surface area contributed by atoms with Crippen LogP contribution in [0.2, 0.25) is 0 Å². The van der Waals surface area contributed by atoms with Crippen LogP contribution in [0.5, 0.6) is 5.75 Å². The van der Waals surface area contributed by atoms with Crippen LogP contribution in [0, 0.1) is 0 Å². The van der Waals surface area contributed by atoms with Crippen molar-refractivity contribution in [2.45, 2.75) is 32.5 Å². The van der Waals surface area contributed by atoms with Crippen LogP contribution in [0.25, 0.3) is 10.9 Å². The molecule has 1 aromatic heterocycles. The maximum atomic E-state index is 13.0. The number of aryl methyl sites for hydroxylation is 1. The Labute approximate surface area is 174 Å². The van der Waals surface area contributed by atoms with Gasteiger partial charge in [0.1, 0.15) is 12.4 Å². The molecule has 29 heavy (non-hydrogen) atoms. The third-order valence-electron chi connectivity index (χ3n) is 4.29. The fourth-order valence-electron chi connectivity index (χ4n) is 2.91. The van der Waals surface area contributed by atoms with Crippen LogP contribution in [0.1, 0.15) is 30.2 Å². The highest BCUT2D eigenvalue weighted by molar-refractivity contribution is 9.10. The third kappa shape index (κ3) is 5.53. The van der Waals surface area contributed by atoms with Crippen LogP contribution in [-0.4, -0.2) is 17.6 Å². The van der Waals surface area contributed by atoms with Crippen LogP contribution >= 0.6 is 15.9 Å². The van der Waals surface area contributed by atoms with Crippen LogP contribution in [-0.2, 0) is 28.7 Å². The zero-order valence-corrected chi connectivity index (χ0v) is 17.2. The van der Waals surface area contributed by atoms with Crippen LogP contribution in [0.3, 0.4) is 0 Å². The third-order valence-corrected chi connectivity index (χ3v) is 4.98. The van der Waals surface area contributed by atoms with Gasteiger partial charge < -0.3 is 14.5 Å². The van der Waals surface area contributed by atoms with Crippen molar-refractivity contribution in [3.63, 3.8) is 0 Å². The fourth-order valence-corrected chi connectivity index (χ4v) is 3.38. The van der Waals surface area contributed by atoms with Crippen molar-refractivity contribution < 1.29 is 27.4 Å². The number of ether oxygens (including phenoxy) is 2. The average molecular weight is 470 g/mol. The molecule has 0 bridgehead atoms. The number of carbonyl (C=O) groups excluding carboxylic acids is 1. The molecule has 0 amide bonds. The minimum atomic E-state index is -4.43. The summed E-state index contributed by atoms with van der Waals surface area (Å²) in [5.41, 5.74) is 1.47. The molecular formula is C21H19BrF3NO3. The molecule has 0 aliphatic heterocycles. The van der Waals surface area contributed by atoms with Gasteiger partial charge in [0.05, 0.1) is 18.6 Å². The van der Waals surface area contributed by atoms with Crippen molar-refractivity contribution in [3.8, 4) is 5.75 Å². The second-order valence-electron chi connectivity index (χ2n) is 6.45. The summed E-state index contributed by atoms with van der Waals surface area (Å²) in [6, 6.07) is 11.3. The number of hydrogen-bond donors (Lipinski definition) is 1. The van der Waals surface area contributed by atoms with Gasteiger partial charge in [0.2, 0.25) is 0 Å². The molecule has 154 valence electrons. The summed E-state index contributed by atoms with van der Waals surface area (Å²) in [7, 11) is 0. The largest absolute Gasteiger partial charge is 0.489 e. The second kappa shape index (κ2) is 8.90. The molecule has 0 saturated heterocycles. The molecule has 0 fully saturated rings. The molecule has 0 unspecified atom stereocenters. The highest BCUT2D eigenvalue weighted by atomic mass is 79.9. The lowest BCUT2D eigenvalue weighted by molar-refractivity contribution is -0.143. The van der Waals surface area contributed by atoms with E-state index in [2.05, 4.69) is 20.9 Å². The first-order chi connectivity index (χ1) is 13.8. The van der Waals surface area contributed by atoms with Crippen LogP contribution in [0.15, 0.2) is 46.9 Å². The highest BCUT2D eigenvalue weighted by Gasteiger charge is 2.33. The van der Waals surface area contributed by atoms with Gasteiger partial charge in [0.15, 0.2) is 0 Å². The lowest BCUT2D eigenvalue weighted by atomic mass is 10.1. The first-order valence-corrected chi connectivity index (χ1v) is 9.81. The summed E-state index contributed by atoms with van der Waals surface area (Å²) >= 11 is 2.93. The van der Waals surface area contributed by atoms with Gasteiger partial charge in [-0.25, -0.2) is 0 Å². The van der Waals surface area contributed by atoms with Crippen molar-refractivity contribution in [2.24, 2.45) is 0 Å². The molecule has 8 heteroatoms. The number of esters is 1. The SMILES string of the molecule is CCOC(=O)CCc1cc2cc(OCc3ccc(Br)c(C(F)(F)F)c3)ccc2[nH]1. The van der Waals surface area contributed by atoms with Gasteiger partial charge in [-0.3, -0.25) is 4.79 Å². The van der Waals surface area contributed by atoms with Crippen molar-refractivity contribution >= 4 is 32.8 Å². The number of H-pyrrole nitrogens is 1. The molecule has 0 aliphatic rings. The summed E-state index contributed by atoms with van der Waals surface area (Å²) in [6.07, 6.45) is -3.61. The normalized spacial score (nSPS) is 11.6. The Morgan fingerprint density at radius 2 is 1.93 bits per heavy atom. The summed E-state index contributed by atoms with van der Waals surface area (Å²) in [6.45, 7) is 2.14. The minimum Gasteiger partial charge on any atom is -0.489 e. The van der Waals surface area contributed by atoms with E-state index >= 15 is 0 Å². The maximum Gasteiger partial charge on any atom is 0.417 e. The molecular weight excluding hydrogens is 451 g/mol. The standard InChI is InChI=1S/C21H19BrF3NO3/c1-2-28-20(27)8-4-15-10-14-11-16(5-7-19(14)26-15)29-12-13-3-6-18(22)17(9-13)21(23,24)25/h3,5-7,9-11,26H,2,4,8,12H2,1H3. The first-order valence-electron chi connectivity index (χ1n) is 9.02. The summed E-state index contributed by atoms with van der Waals surface area (Å²) < 4.78 is 49.7. The lowest BCUT2D eigenvalue weighted by Gasteiger charge is -2.12. The lowest BCUT2D eigenvalue weighted by Crippen LogP contribution is -2.07. The zero-order chi connectivity index (χ0) is 21.0. The van der Waals surface area contributed by atoms with Gasteiger partial charge in [-0.15, -0.1) is 0 Å². The van der Waals surface area contributed by atoms with Crippen molar-refractivity contribution in [2.75, 3.05) is 6.61 Å². The van der Waals surface area contributed by atoms with Crippen molar-refractivity contribution in [1.82, 2.24) is 4.98 Å². The Balaban J connectivity index is 1.67. The quantitative estimate of drug-likeness (QED) is 0.430. The predicted octanol–water partition coefficient (Wildman–Crippen LogP) is 6.02. The number of benzene rings is 2. The minimum absolute atomic E-state index is 0.00200. The van der Waals surface area contributed by atoms with Crippen LogP contribution in [0.4, 0.5) is 13.2 Å². The van der Waals surface area contributed by atoms with E-state index in [0.717, 1.165) is 22.7 Å². The number of carbonyl (C=O) groups is 1. The number of halogens is 4. The average Bonchev–Trinajstić information content (AvgIpc) is 3.07. The van der Waals surface area contributed by atoms with Gasteiger partial charge in [0.25, 0.3) is 0 Å². The van der Waals surface area contributed by atoms with E-state index in [1.165, 1.54) is 6.07 Å². The number of aromatic nitrogens is 1. The highest BCUT2D eigenvalue weighted by Crippen LogP contribution is 2.35. The number of rotatable bonds is 7. The van der Waals surface area contributed by atoms with E-state index in [4.69, 9.17) is 9.47 Å². The summed E-state index contributed by atoms with van der Waals surface area (Å²) in [5, 5.41) is 0.896. The van der Waals surface area contributed by atoms with E-state index in [1.807, 2.05) is 18.2 Å². The molecule has 4 nitrogen and oxygen atoms in total. The Kier molecular flexibility index (Phi) is 6.52. The van der Waals surface area contributed by atoms with E-state index in [-0.39, 0.29) is 23.5 Å². The molecule has 3 aromatic rings. The first kappa shape index (κ1) is 21.2. The Morgan fingerprint density at radius 3 is 2.66 bits per heavy atom. The molecule has 0 saturated carbocycles. The molecule has 0 radical (unpaired) electrons. The number of fused-ring (bicyclic) bond motifs is 1. The van der Waals surface area contributed by atoms with Crippen molar-refractivity contribution in [3.05, 3.63) is 63.8 Å². The van der Waals surface area contributed by atoms with Gasteiger partial charge in [-0.05, 0) is 55.3 Å². The number of hydrogen-bond acceptors (Lipinski definition) is 3. The van der Waals surface area contributed by atoms with E-state index in [9.17, 15) is 18.0 Å². The van der Waals surface area contributed by atoms with E-state index in [0.29, 0.717) is 24.3 Å². The summed E-state index contributed by atoms with van der Waals surface area (Å²) in [5.74, 6) is 0.299. The zero-order valence-electron chi connectivity index (χ0n) is 15.6. The predicted molar refractivity (Wildman–Crippen MR) is 107 cm³/mol. The number of nitrogens with one attached hydrogen (secondary N) is 1. The Hall–Kier alpha value is -2.48.